The van der Waals surface area contributed by atoms with Crippen LogP contribution >= 0.6 is 12.2 Å². The van der Waals surface area contributed by atoms with Gasteiger partial charge in [0.25, 0.3) is 0 Å². The van der Waals surface area contributed by atoms with Crippen molar-refractivity contribution in [2.24, 2.45) is 11.7 Å². The van der Waals surface area contributed by atoms with Crippen LogP contribution in [0.4, 0.5) is 0 Å². The van der Waals surface area contributed by atoms with Crippen LogP contribution < -0.4 is 5.73 Å². The minimum absolute atomic E-state index is 0.0556. The van der Waals surface area contributed by atoms with Gasteiger partial charge in [0, 0.05) is 6.42 Å². The summed E-state index contributed by atoms with van der Waals surface area (Å²) in [6, 6.07) is 0. The van der Waals surface area contributed by atoms with E-state index in [1.165, 1.54) is 0 Å². The van der Waals surface area contributed by atoms with Gasteiger partial charge in [-0.1, -0.05) is 12.2 Å². The molecular formula is C6H9NO4S. The zero-order chi connectivity index (χ0) is 9.72. The highest BCUT2D eigenvalue weighted by Crippen LogP contribution is 2.06. The summed E-state index contributed by atoms with van der Waals surface area (Å²) in [6.07, 6.45) is -0.297. The molecule has 4 N–H and O–H groups in total. The molecule has 0 radical (unpaired) electrons. The van der Waals surface area contributed by atoms with Crippen molar-refractivity contribution >= 4 is 29.1 Å². The molecule has 0 spiro atoms. The highest BCUT2D eigenvalue weighted by Gasteiger charge is 2.20. The molecule has 0 aromatic carbocycles. The molecule has 0 aliphatic heterocycles. The van der Waals surface area contributed by atoms with E-state index in [4.69, 9.17) is 15.9 Å². The Morgan fingerprint density at radius 2 is 1.92 bits per heavy atom. The highest BCUT2D eigenvalue weighted by atomic mass is 32.1. The molecule has 1 unspecified atom stereocenters. The molecule has 6 heteroatoms. The van der Waals surface area contributed by atoms with Crippen LogP contribution in [0.3, 0.4) is 0 Å². The normalized spacial score (nSPS) is 12.0. The number of carbonyl (C=O) groups is 2. The van der Waals surface area contributed by atoms with Crippen molar-refractivity contribution in [3.8, 4) is 0 Å². The number of carboxylic acid groups (broad SMARTS) is 2. The van der Waals surface area contributed by atoms with E-state index in [0.717, 1.165) is 0 Å². The number of hydrogen-bond donors (Lipinski definition) is 3. The third-order valence-electron chi connectivity index (χ3n) is 1.29. The Morgan fingerprint density at radius 3 is 2.17 bits per heavy atom. The molecule has 0 saturated carbocycles. The first-order valence-electron chi connectivity index (χ1n) is 3.19. The lowest BCUT2D eigenvalue weighted by Crippen LogP contribution is -2.29. The maximum Gasteiger partial charge on any atom is 0.313 e. The molecule has 0 amide bonds. The van der Waals surface area contributed by atoms with Crippen molar-refractivity contribution in [3.63, 3.8) is 0 Å². The minimum Gasteiger partial charge on any atom is -0.481 e. The second kappa shape index (κ2) is 4.66. The lowest BCUT2D eigenvalue weighted by molar-refractivity contribution is -0.140. The predicted octanol–water partition coefficient (Wildman–Crippen LogP) is -0.162. The number of nitrogens with two attached hydrogens (primary N) is 1. The second-order valence-electron chi connectivity index (χ2n) is 2.23. The van der Waals surface area contributed by atoms with Crippen LogP contribution in [-0.4, -0.2) is 27.1 Å². The number of aliphatic carboxylic acids is 2. The quantitative estimate of drug-likeness (QED) is 0.522. The van der Waals surface area contributed by atoms with Gasteiger partial charge in [0.2, 0.25) is 0 Å². The van der Waals surface area contributed by atoms with E-state index in [1.54, 1.807) is 0 Å². The number of carboxylic acids is 2. The highest BCUT2D eigenvalue weighted by molar-refractivity contribution is 7.80. The maximum atomic E-state index is 10.4. The minimum atomic E-state index is -1.18. The molecule has 0 heterocycles. The first-order chi connectivity index (χ1) is 5.45. The SMILES string of the molecule is NC(=S)C(CCC(=O)O)C(=O)O. The van der Waals surface area contributed by atoms with E-state index in [0.29, 0.717) is 0 Å². The zero-order valence-corrected chi connectivity index (χ0v) is 7.00. The number of thiocarbonyl (C=S) groups is 1. The zero-order valence-electron chi connectivity index (χ0n) is 6.19. The first kappa shape index (κ1) is 10.8. The topological polar surface area (TPSA) is 101 Å². The molecule has 68 valence electrons. The molecule has 0 rings (SSSR count). The van der Waals surface area contributed by atoms with Crippen molar-refractivity contribution < 1.29 is 19.8 Å². The fourth-order valence-electron chi connectivity index (χ4n) is 0.655. The van der Waals surface area contributed by atoms with Gasteiger partial charge >= 0.3 is 11.9 Å². The molecule has 0 aliphatic carbocycles. The van der Waals surface area contributed by atoms with Crippen molar-refractivity contribution in [1.29, 1.82) is 0 Å². The van der Waals surface area contributed by atoms with Gasteiger partial charge in [0.1, 0.15) is 5.92 Å². The Hall–Kier alpha value is -1.17. The van der Waals surface area contributed by atoms with Crippen LogP contribution in [0.2, 0.25) is 0 Å². The number of rotatable bonds is 5. The van der Waals surface area contributed by atoms with Crippen molar-refractivity contribution in [1.82, 2.24) is 0 Å². The Labute approximate surface area is 74.2 Å². The third-order valence-corrected chi connectivity index (χ3v) is 1.57. The van der Waals surface area contributed by atoms with Crippen molar-refractivity contribution in [3.05, 3.63) is 0 Å². The Kier molecular flexibility index (Phi) is 4.20. The molecule has 0 aliphatic rings. The second-order valence-corrected chi connectivity index (χ2v) is 2.70. The van der Waals surface area contributed by atoms with Crippen molar-refractivity contribution in [2.45, 2.75) is 12.8 Å². The summed E-state index contributed by atoms with van der Waals surface area (Å²) >= 11 is 4.45. The molecule has 0 aromatic rings. The maximum absolute atomic E-state index is 10.4. The lowest BCUT2D eigenvalue weighted by Gasteiger charge is -2.07. The summed E-state index contributed by atoms with van der Waals surface area (Å²) in [5.74, 6) is -3.27. The molecule has 12 heavy (non-hydrogen) atoms. The van der Waals surface area contributed by atoms with E-state index in [-0.39, 0.29) is 17.8 Å². The smallest absolute Gasteiger partial charge is 0.313 e. The standard InChI is InChI=1S/C6H9NO4S/c7-5(12)3(6(10)11)1-2-4(8)9/h3H,1-2H2,(H2,7,12)(H,8,9)(H,10,11). The van der Waals surface area contributed by atoms with Crippen LogP contribution in [0.1, 0.15) is 12.8 Å². The fourth-order valence-corrected chi connectivity index (χ4v) is 0.874. The van der Waals surface area contributed by atoms with Gasteiger partial charge < -0.3 is 15.9 Å². The average molecular weight is 191 g/mol. The molecular weight excluding hydrogens is 182 g/mol. The van der Waals surface area contributed by atoms with E-state index in [2.05, 4.69) is 12.2 Å². The molecule has 1 atom stereocenters. The van der Waals surface area contributed by atoms with Gasteiger partial charge in [0.15, 0.2) is 0 Å². The monoisotopic (exact) mass is 191 g/mol. The van der Waals surface area contributed by atoms with E-state index < -0.39 is 17.9 Å². The molecule has 0 bridgehead atoms. The van der Waals surface area contributed by atoms with Crippen LogP contribution in [-0.2, 0) is 9.59 Å². The molecule has 0 fully saturated rings. The van der Waals surface area contributed by atoms with E-state index >= 15 is 0 Å². The average Bonchev–Trinajstić information content (AvgIpc) is 1.84. The van der Waals surface area contributed by atoms with Gasteiger partial charge in [-0.25, -0.2) is 0 Å². The largest absolute Gasteiger partial charge is 0.481 e. The van der Waals surface area contributed by atoms with Crippen LogP contribution in [0.25, 0.3) is 0 Å². The molecule has 0 aromatic heterocycles. The van der Waals surface area contributed by atoms with Crippen LogP contribution in [0.5, 0.6) is 0 Å². The summed E-state index contributed by atoms with van der Waals surface area (Å²) in [5, 5.41) is 16.7. The summed E-state index contributed by atoms with van der Waals surface area (Å²) in [7, 11) is 0. The molecule has 5 nitrogen and oxygen atoms in total. The van der Waals surface area contributed by atoms with Gasteiger partial charge in [0.05, 0.1) is 4.99 Å². The van der Waals surface area contributed by atoms with Gasteiger partial charge in [-0.15, -0.1) is 0 Å². The predicted molar refractivity (Wildman–Crippen MR) is 44.8 cm³/mol. The molecule has 0 saturated heterocycles. The summed E-state index contributed by atoms with van der Waals surface area (Å²) in [4.78, 5) is 20.3. The number of hydrogen-bond acceptors (Lipinski definition) is 3. The first-order valence-corrected chi connectivity index (χ1v) is 3.60. The van der Waals surface area contributed by atoms with Crippen LogP contribution in [0, 0.1) is 5.92 Å². The fraction of sp³-hybridized carbons (Fsp3) is 0.500. The van der Waals surface area contributed by atoms with Gasteiger partial charge in [-0.2, -0.15) is 0 Å². The van der Waals surface area contributed by atoms with Gasteiger partial charge in [-0.3, -0.25) is 9.59 Å². The van der Waals surface area contributed by atoms with E-state index in [1.807, 2.05) is 0 Å². The Morgan fingerprint density at radius 1 is 1.42 bits per heavy atom. The Bertz CT molecular complexity index is 202. The lowest BCUT2D eigenvalue weighted by atomic mass is 10.0. The summed E-state index contributed by atoms with van der Waals surface area (Å²) in [5.41, 5.74) is 5.08. The third kappa shape index (κ3) is 3.87. The van der Waals surface area contributed by atoms with Crippen molar-refractivity contribution in [2.75, 3.05) is 0 Å². The van der Waals surface area contributed by atoms with Crippen LogP contribution in [0.15, 0.2) is 0 Å². The van der Waals surface area contributed by atoms with E-state index in [9.17, 15) is 9.59 Å². The summed E-state index contributed by atoms with van der Waals surface area (Å²) < 4.78 is 0. The Balaban J connectivity index is 4.06. The summed E-state index contributed by atoms with van der Waals surface area (Å²) in [6.45, 7) is 0. The van der Waals surface area contributed by atoms with Gasteiger partial charge in [-0.05, 0) is 6.42 Å².